The van der Waals surface area contributed by atoms with Crippen LogP contribution >= 0.6 is 0 Å². The lowest BCUT2D eigenvalue weighted by molar-refractivity contribution is -0.117. The molecule has 0 aliphatic carbocycles. The third kappa shape index (κ3) is 3.35. The lowest BCUT2D eigenvalue weighted by Crippen LogP contribution is -2.31. The van der Waals surface area contributed by atoms with Crippen LogP contribution in [0.1, 0.15) is 70.4 Å². The molecule has 6 nitrogen and oxygen atoms in total. The number of aliphatic hydroxyl groups excluding tert-OH is 1. The molecule has 0 spiro atoms. The van der Waals surface area contributed by atoms with Gasteiger partial charge in [-0.2, -0.15) is 0 Å². The topological polar surface area (TPSA) is 83.6 Å². The molecular weight excluding hydrogens is 356 g/mol. The molecule has 0 unspecified atom stereocenters. The summed E-state index contributed by atoms with van der Waals surface area (Å²) in [5.74, 6) is -0.305. The second kappa shape index (κ2) is 6.93. The van der Waals surface area contributed by atoms with Crippen LogP contribution in [0.3, 0.4) is 0 Å². The number of hydrogen-bond donors (Lipinski definition) is 1. The van der Waals surface area contributed by atoms with E-state index in [9.17, 15) is 14.7 Å². The van der Waals surface area contributed by atoms with E-state index in [1.54, 1.807) is 6.07 Å². The van der Waals surface area contributed by atoms with Gasteiger partial charge in [0.1, 0.15) is 5.76 Å². The van der Waals surface area contributed by atoms with Gasteiger partial charge in [0.25, 0.3) is 5.91 Å². The molecule has 1 aromatic heterocycles. The van der Waals surface area contributed by atoms with Crippen molar-refractivity contribution in [1.29, 1.82) is 0 Å². The van der Waals surface area contributed by atoms with Gasteiger partial charge in [-0.3, -0.25) is 14.5 Å². The third-order valence-corrected chi connectivity index (χ3v) is 4.99. The number of Topliss-reactive ketones (excluding diaryl/α,β-unsaturated/α-hetero) is 1. The SMILES string of the molecule is CC(=O)C1=C(O)C(=O)N(c2cc(C(C)(C)C)on2)[C@@H]1c1ccc(C(C)C)cc1. The summed E-state index contributed by atoms with van der Waals surface area (Å²) in [4.78, 5) is 26.4. The number of amides is 1. The largest absolute Gasteiger partial charge is 0.503 e. The smallest absolute Gasteiger partial charge is 0.295 e. The number of anilines is 1. The Bertz CT molecular complexity index is 946. The maximum atomic E-state index is 12.8. The first-order valence-electron chi connectivity index (χ1n) is 9.37. The van der Waals surface area contributed by atoms with E-state index in [1.807, 2.05) is 45.0 Å². The van der Waals surface area contributed by atoms with Crippen LogP contribution in [0.25, 0.3) is 0 Å². The molecule has 28 heavy (non-hydrogen) atoms. The van der Waals surface area contributed by atoms with Crippen LogP contribution in [0.4, 0.5) is 5.82 Å². The highest BCUT2D eigenvalue weighted by Gasteiger charge is 2.44. The minimum absolute atomic E-state index is 0.0719. The summed E-state index contributed by atoms with van der Waals surface area (Å²) in [6, 6.07) is 8.64. The summed E-state index contributed by atoms with van der Waals surface area (Å²) in [7, 11) is 0. The van der Waals surface area contributed by atoms with Crippen molar-refractivity contribution in [2.75, 3.05) is 4.90 Å². The standard InChI is InChI=1S/C22H26N2O4/c1-12(2)14-7-9-15(10-8-14)19-18(13(3)25)20(26)21(27)24(19)17-11-16(28-23-17)22(4,5)6/h7-12,19,26H,1-6H3/t19-/m1/s1. The van der Waals surface area contributed by atoms with Crippen LogP contribution in [0.2, 0.25) is 0 Å². The van der Waals surface area contributed by atoms with Crippen molar-refractivity contribution >= 4 is 17.5 Å². The lowest BCUT2D eigenvalue weighted by atomic mass is 9.93. The lowest BCUT2D eigenvalue weighted by Gasteiger charge is -2.24. The Labute approximate surface area is 164 Å². The summed E-state index contributed by atoms with van der Waals surface area (Å²) >= 11 is 0. The van der Waals surface area contributed by atoms with Gasteiger partial charge in [-0.25, -0.2) is 0 Å². The molecule has 3 rings (SSSR count). The first-order valence-corrected chi connectivity index (χ1v) is 9.37. The second-order valence-corrected chi connectivity index (χ2v) is 8.52. The normalized spacial score (nSPS) is 17.8. The minimum atomic E-state index is -0.746. The summed E-state index contributed by atoms with van der Waals surface area (Å²) in [5, 5.41) is 14.5. The first-order chi connectivity index (χ1) is 13.0. The predicted molar refractivity (Wildman–Crippen MR) is 106 cm³/mol. The highest BCUT2D eigenvalue weighted by Crippen LogP contribution is 2.41. The number of carbonyl (C=O) groups excluding carboxylic acids is 2. The molecule has 1 aliphatic rings. The van der Waals surface area contributed by atoms with Crippen molar-refractivity contribution < 1.29 is 19.2 Å². The molecule has 0 saturated heterocycles. The van der Waals surface area contributed by atoms with Crippen LogP contribution < -0.4 is 4.90 Å². The van der Waals surface area contributed by atoms with Crippen molar-refractivity contribution in [3.63, 3.8) is 0 Å². The number of benzene rings is 1. The fourth-order valence-electron chi connectivity index (χ4n) is 3.31. The number of aromatic nitrogens is 1. The van der Waals surface area contributed by atoms with E-state index in [0.717, 1.165) is 11.1 Å². The van der Waals surface area contributed by atoms with Gasteiger partial charge in [-0.1, -0.05) is 64.0 Å². The summed E-state index contributed by atoms with van der Waals surface area (Å²) in [6.07, 6.45) is 0. The quantitative estimate of drug-likeness (QED) is 0.836. The molecule has 6 heteroatoms. The van der Waals surface area contributed by atoms with Gasteiger partial charge in [0, 0.05) is 11.5 Å². The monoisotopic (exact) mass is 382 g/mol. The van der Waals surface area contributed by atoms with Gasteiger partial charge in [0.05, 0.1) is 11.6 Å². The highest BCUT2D eigenvalue weighted by molar-refractivity contribution is 6.15. The molecular formula is C22H26N2O4. The van der Waals surface area contributed by atoms with Crippen LogP contribution in [-0.2, 0) is 15.0 Å². The number of carbonyl (C=O) groups is 2. The Morgan fingerprint density at radius 2 is 1.82 bits per heavy atom. The molecule has 0 radical (unpaired) electrons. The van der Waals surface area contributed by atoms with E-state index in [1.165, 1.54) is 11.8 Å². The summed E-state index contributed by atoms with van der Waals surface area (Å²) < 4.78 is 5.43. The van der Waals surface area contributed by atoms with Gasteiger partial charge in [0.15, 0.2) is 17.4 Å². The maximum Gasteiger partial charge on any atom is 0.295 e. The van der Waals surface area contributed by atoms with Gasteiger partial charge in [0.2, 0.25) is 0 Å². The zero-order valence-electron chi connectivity index (χ0n) is 17.1. The molecule has 0 saturated carbocycles. The first kappa shape index (κ1) is 19.9. The zero-order valence-corrected chi connectivity index (χ0v) is 17.1. The molecule has 0 fully saturated rings. The third-order valence-electron chi connectivity index (χ3n) is 4.99. The van der Waals surface area contributed by atoms with Gasteiger partial charge in [-0.05, 0) is 24.0 Å². The van der Waals surface area contributed by atoms with Crippen molar-refractivity contribution in [2.24, 2.45) is 0 Å². The Hall–Kier alpha value is -2.89. The van der Waals surface area contributed by atoms with E-state index >= 15 is 0 Å². The Morgan fingerprint density at radius 3 is 2.29 bits per heavy atom. The zero-order chi connectivity index (χ0) is 20.8. The summed E-state index contributed by atoms with van der Waals surface area (Å²) in [5.41, 5.74) is 1.66. The van der Waals surface area contributed by atoms with Crippen LogP contribution in [0, 0.1) is 0 Å². The predicted octanol–water partition coefficient (Wildman–Crippen LogP) is 4.58. The second-order valence-electron chi connectivity index (χ2n) is 8.52. The molecule has 2 aromatic rings. The maximum absolute atomic E-state index is 12.8. The molecule has 1 N–H and O–H groups in total. The summed E-state index contributed by atoms with van der Waals surface area (Å²) in [6.45, 7) is 11.5. The molecule has 1 aliphatic heterocycles. The molecule has 1 atom stereocenters. The fraction of sp³-hybridized carbons (Fsp3) is 0.409. The van der Waals surface area contributed by atoms with Crippen LogP contribution in [-0.4, -0.2) is 22.0 Å². The van der Waals surface area contributed by atoms with Crippen molar-refractivity contribution in [3.8, 4) is 0 Å². The van der Waals surface area contributed by atoms with Gasteiger partial charge >= 0.3 is 0 Å². The van der Waals surface area contributed by atoms with E-state index in [-0.39, 0.29) is 22.6 Å². The molecule has 2 heterocycles. The molecule has 0 bridgehead atoms. The van der Waals surface area contributed by atoms with E-state index in [4.69, 9.17) is 4.52 Å². The fourth-order valence-corrected chi connectivity index (χ4v) is 3.31. The molecule has 1 amide bonds. The number of rotatable bonds is 4. The van der Waals surface area contributed by atoms with Gasteiger partial charge < -0.3 is 9.63 Å². The number of hydrogen-bond acceptors (Lipinski definition) is 5. The molecule has 1 aromatic carbocycles. The number of nitrogens with zero attached hydrogens (tertiary/aromatic N) is 2. The van der Waals surface area contributed by atoms with Crippen LogP contribution in [0.5, 0.6) is 0 Å². The Morgan fingerprint density at radius 1 is 1.21 bits per heavy atom. The average molecular weight is 382 g/mol. The van der Waals surface area contributed by atoms with Crippen molar-refractivity contribution in [2.45, 2.75) is 58.9 Å². The minimum Gasteiger partial charge on any atom is -0.503 e. The highest BCUT2D eigenvalue weighted by atomic mass is 16.5. The average Bonchev–Trinajstić information content (AvgIpc) is 3.19. The van der Waals surface area contributed by atoms with Crippen molar-refractivity contribution in [3.05, 3.63) is 58.6 Å². The Kier molecular flexibility index (Phi) is 4.91. The molecule has 148 valence electrons. The van der Waals surface area contributed by atoms with Gasteiger partial charge in [-0.15, -0.1) is 0 Å². The van der Waals surface area contributed by atoms with Crippen LogP contribution in [0.15, 0.2) is 46.2 Å². The Balaban J connectivity index is 2.11. The van der Waals surface area contributed by atoms with E-state index in [2.05, 4.69) is 19.0 Å². The van der Waals surface area contributed by atoms with E-state index in [0.29, 0.717) is 11.7 Å². The van der Waals surface area contributed by atoms with Crippen molar-refractivity contribution in [1.82, 2.24) is 5.16 Å². The van der Waals surface area contributed by atoms with E-state index < -0.39 is 17.7 Å². The number of aliphatic hydroxyl groups is 1. The number of ketones is 1.